The Kier molecular flexibility index (Phi) is 4.92. The van der Waals surface area contributed by atoms with Gasteiger partial charge in [0.25, 0.3) is 0 Å². The largest absolute Gasteiger partial charge is 0.478 e. The first kappa shape index (κ1) is 14.7. The summed E-state index contributed by atoms with van der Waals surface area (Å²) >= 11 is 6.67. The van der Waals surface area contributed by atoms with Gasteiger partial charge in [-0.2, -0.15) is 0 Å². The van der Waals surface area contributed by atoms with Gasteiger partial charge >= 0.3 is 5.97 Å². The number of hydrogen-bond acceptors (Lipinski definition) is 3. The maximum atomic E-state index is 10.6. The Morgan fingerprint density at radius 2 is 2.00 bits per heavy atom. The summed E-state index contributed by atoms with van der Waals surface area (Å²) in [5.41, 5.74) is 0.663. The molecule has 2 aromatic rings. The summed E-state index contributed by atoms with van der Waals surface area (Å²) in [5.74, 6) is 0.0854. The summed E-state index contributed by atoms with van der Waals surface area (Å²) in [7, 11) is 0. The van der Waals surface area contributed by atoms with Crippen LogP contribution in [0.25, 0.3) is 6.08 Å². The molecule has 0 aliphatic carbocycles. The quantitative estimate of drug-likeness (QED) is 0.770. The van der Waals surface area contributed by atoms with E-state index in [-0.39, 0.29) is 0 Å². The molecule has 1 aromatic heterocycles. The van der Waals surface area contributed by atoms with Crippen molar-refractivity contribution in [2.24, 2.45) is 0 Å². The van der Waals surface area contributed by atoms with E-state index >= 15 is 0 Å². The lowest BCUT2D eigenvalue weighted by molar-refractivity contribution is -0.131. The van der Waals surface area contributed by atoms with Gasteiger partial charge in [-0.3, -0.25) is 4.98 Å². The maximum absolute atomic E-state index is 10.6. The third kappa shape index (κ3) is 4.18. The number of halogens is 2. The van der Waals surface area contributed by atoms with Crippen LogP contribution in [0.1, 0.15) is 5.56 Å². The molecule has 0 bridgehead atoms. The smallest absolute Gasteiger partial charge is 0.328 e. The summed E-state index contributed by atoms with van der Waals surface area (Å²) < 4.78 is 7.37. The molecular weight excluding hydrogens is 390 g/mol. The fourth-order valence-electron chi connectivity index (χ4n) is 1.47. The van der Waals surface area contributed by atoms with Crippen molar-refractivity contribution < 1.29 is 14.6 Å². The molecular formula is C14H9Br2NO3. The summed E-state index contributed by atoms with van der Waals surface area (Å²) in [6.07, 6.45) is 5.78. The van der Waals surface area contributed by atoms with E-state index in [1.54, 1.807) is 30.6 Å². The molecule has 0 aliphatic rings. The zero-order chi connectivity index (χ0) is 14.5. The van der Waals surface area contributed by atoms with Crippen LogP contribution in [0.4, 0.5) is 0 Å². The van der Waals surface area contributed by atoms with Crippen LogP contribution in [-0.2, 0) is 4.79 Å². The predicted molar refractivity (Wildman–Crippen MR) is 82.8 cm³/mol. The summed E-state index contributed by atoms with van der Waals surface area (Å²) in [5, 5.41) is 8.69. The van der Waals surface area contributed by atoms with Crippen LogP contribution < -0.4 is 4.74 Å². The van der Waals surface area contributed by atoms with E-state index in [0.717, 1.165) is 15.0 Å². The number of benzene rings is 1. The average Bonchev–Trinajstić information content (AvgIpc) is 2.37. The van der Waals surface area contributed by atoms with E-state index in [1.807, 2.05) is 6.07 Å². The zero-order valence-electron chi connectivity index (χ0n) is 10.1. The first-order chi connectivity index (χ1) is 9.54. The third-order valence-electron chi connectivity index (χ3n) is 2.29. The monoisotopic (exact) mass is 397 g/mol. The second-order valence-electron chi connectivity index (χ2n) is 3.79. The Labute approximate surface area is 132 Å². The van der Waals surface area contributed by atoms with Crippen LogP contribution in [0.15, 0.2) is 51.7 Å². The van der Waals surface area contributed by atoms with Crippen molar-refractivity contribution in [3.05, 3.63) is 57.2 Å². The van der Waals surface area contributed by atoms with Gasteiger partial charge in [0.05, 0.1) is 6.20 Å². The molecule has 0 atom stereocenters. The summed E-state index contributed by atoms with van der Waals surface area (Å²) in [6, 6.07) is 7.12. The minimum Gasteiger partial charge on any atom is -0.478 e. The molecule has 0 radical (unpaired) electrons. The van der Waals surface area contributed by atoms with Gasteiger partial charge in [-0.25, -0.2) is 4.79 Å². The molecule has 102 valence electrons. The molecule has 1 N–H and O–H groups in total. The Bertz CT molecular complexity index is 671. The molecule has 0 saturated heterocycles. The first-order valence-electron chi connectivity index (χ1n) is 5.53. The van der Waals surface area contributed by atoms with Crippen molar-refractivity contribution in [3.63, 3.8) is 0 Å². The van der Waals surface area contributed by atoms with Crippen LogP contribution in [-0.4, -0.2) is 16.1 Å². The molecule has 0 spiro atoms. The van der Waals surface area contributed by atoms with E-state index in [0.29, 0.717) is 17.1 Å². The van der Waals surface area contributed by atoms with E-state index in [2.05, 4.69) is 36.8 Å². The average molecular weight is 399 g/mol. The molecule has 2 rings (SSSR count). The molecule has 20 heavy (non-hydrogen) atoms. The van der Waals surface area contributed by atoms with E-state index in [4.69, 9.17) is 9.84 Å². The van der Waals surface area contributed by atoms with Crippen molar-refractivity contribution in [1.29, 1.82) is 0 Å². The Morgan fingerprint density at radius 3 is 2.70 bits per heavy atom. The number of carboxylic acids is 1. The van der Waals surface area contributed by atoms with Crippen molar-refractivity contribution in [2.45, 2.75) is 0 Å². The number of nitrogens with zero attached hydrogens (tertiary/aromatic N) is 1. The van der Waals surface area contributed by atoms with Crippen molar-refractivity contribution in [1.82, 2.24) is 4.98 Å². The number of aliphatic carboxylic acids is 1. The SMILES string of the molecule is O=C(O)C=Cc1ccc(Br)cc1Oc1cncc(Br)c1. The summed E-state index contributed by atoms with van der Waals surface area (Å²) in [4.78, 5) is 14.6. The lowest BCUT2D eigenvalue weighted by Gasteiger charge is -2.09. The Morgan fingerprint density at radius 1 is 1.20 bits per heavy atom. The number of ether oxygens (including phenoxy) is 1. The topological polar surface area (TPSA) is 59.4 Å². The minimum atomic E-state index is -1.01. The van der Waals surface area contributed by atoms with Gasteiger partial charge in [0.15, 0.2) is 0 Å². The first-order valence-corrected chi connectivity index (χ1v) is 7.12. The number of aromatic nitrogens is 1. The highest BCUT2D eigenvalue weighted by atomic mass is 79.9. The second-order valence-corrected chi connectivity index (χ2v) is 5.63. The highest BCUT2D eigenvalue weighted by Crippen LogP contribution is 2.30. The second kappa shape index (κ2) is 6.67. The molecule has 1 aromatic carbocycles. The fourth-order valence-corrected chi connectivity index (χ4v) is 2.15. The van der Waals surface area contributed by atoms with Crippen molar-refractivity contribution >= 4 is 43.9 Å². The zero-order valence-corrected chi connectivity index (χ0v) is 13.3. The number of pyridine rings is 1. The van der Waals surface area contributed by atoms with E-state index < -0.39 is 5.97 Å². The third-order valence-corrected chi connectivity index (χ3v) is 3.22. The lowest BCUT2D eigenvalue weighted by atomic mass is 10.2. The molecule has 0 saturated carbocycles. The van der Waals surface area contributed by atoms with Crippen LogP contribution in [0.3, 0.4) is 0 Å². The predicted octanol–water partition coefficient (Wildman–Crippen LogP) is 4.50. The number of rotatable bonds is 4. The molecule has 0 aliphatic heterocycles. The van der Waals surface area contributed by atoms with Crippen LogP contribution in [0, 0.1) is 0 Å². The lowest BCUT2D eigenvalue weighted by Crippen LogP contribution is -1.90. The number of carboxylic acid groups (broad SMARTS) is 1. The summed E-state index contributed by atoms with van der Waals surface area (Å²) in [6.45, 7) is 0. The van der Waals surface area contributed by atoms with Gasteiger partial charge in [0, 0.05) is 26.8 Å². The molecule has 0 unspecified atom stereocenters. The van der Waals surface area contributed by atoms with E-state index in [1.165, 1.54) is 6.08 Å². The maximum Gasteiger partial charge on any atom is 0.328 e. The molecule has 6 heteroatoms. The number of carbonyl (C=O) groups is 1. The van der Waals surface area contributed by atoms with Gasteiger partial charge in [-0.05, 0) is 40.2 Å². The van der Waals surface area contributed by atoms with Crippen LogP contribution in [0.2, 0.25) is 0 Å². The standard InChI is InChI=1S/C14H9Br2NO3/c15-10-3-1-9(2-4-14(18)19)13(6-10)20-12-5-11(16)7-17-8-12/h1-8H,(H,18,19). The molecule has 4 nitrogen and oxygen atoms in total. The molecule has 0 fully saturated rings. The highest BCUT2D eigenvalue weighted by molar-refractivity contribution is 9.10. The van der Waals surface area contributed by atoms with E-state index in [9.17, 15) is 4.79 Å². The minimum absolute atomic E-state index is 0.539. The van der Waals surface area contributed by atoms with Crippen LogP contribution in [0.5, 0.6) is 11.5 Å². The van der Waals surface area contributed by atoms with Gasteiger partial charge in [0.2, 0.25) is 0 Å². The van der Waals surface area contributed by atoms with Gasteiger partial charge in [0.1, 0.15) is 11.5 Å². The molecule has 0 amide bonds. The number of hydrogen-bond donors (Lipinski definition) is 1. The van der Waals surface area contributed by atoms with Gasteiger partial charge in [-0.1, -0.05) is 22.0 Å². The highest BCUT2D eigenvalue weighted by Gasteiger charge is 2.05. The molecule has 1 heterocycles. The fraction of sp³-hybridized carbons (Fsp3) is 0. The van der Waals surface area contributed by atoms with Gasteiger partial charge < -0.3 is 9.84 Å². The van der Waals surface area contributed by atoms with Gasteiger partial charge in [-0.15, -0.1) is 0 Å². The van der Waals surface area contributed by atoms with Crippen molar-refractivity contribution in [2.75, 3.05) is 0 Å². The Balaban J connectivity index is 2.34. The normalized spacial score (nSPS) is 10.7. The van der Waals surface area contributed by atoms with Crippen molar-refractivity contribution in [3.8, 4) is 11.5 Å². The Hall–Kier alpha value is -1.66. The van der Waals surface area contributed by atoms with Crippen LogP contribution >= 0.6 is 31.9 Å².